The Balaban J connectivity index is 1.67. The molecular weight excluding hydrogens is 360 g/mol. The van der Waals surface area contributed by atoms with Crippen molar-refractivity contribution in [1.82, 2.24) is 5.32 Å². The van der Waals surface area contributed by atoms with Crippen molar-refractivity contribution in [1.29, 1.82) is 0 Å². The van der Waals surface area contributed by atoms with E-state index >= 15 is 0 Å². The second kappa shape index (κ2) is 9.55. The molecule has 3 rings (SSSR count). The summed E-state index contributed by atoms with van der Waals surface area (Å²) >= 11 is 0. The quantitative estimate of drug-likeness (QED) is 0.744. The molecular formula is C21H22N2O5. The lowest BCUT2D eigenvalue weighted by Crippen LogP contribution is -2.42. The Morgan fingerprint density at radius 1 is 1.11 bits per heavy atom. The first-order valence-corrected chi connectivity index (χ1v) is 8.95. The molecule has 0 saturated carbocycles. The van der Waals surface area contributed by atoms with E-state index in [2.05, 4.69) is 10.3 Å². The topological polar surface area (TPSA) is 86.2 Å². The van der Waals surface area contributed by atoms with Gasteiger partial charge in [-0.3, -0.25) is 0 Å². The zero-order valence-corrected chi connectivity index (χ0v) is 15.5. The highest BCUT2D eigenvalue weighted by molar-refractivity contribution is 5.90. The number of benzene rings is 2. The fourth-order valence-corrected chi connectivity index (χ4v) is 2.80. The number of ether oxygens (including phenoxy) is 3. The van der Waals surface area contributed by atoms with E-state index in [0.29, 0.717) is 6.42 Å². The SMILES string of the molecule is COC(=O)[C@@H]1COC([C@H](Cc2ccccc2)NC(=O)OCc2ccccc2)=N1. The number of rotatable bonds is 7. The van der Waals surface area contributed by atoms with Gasteiger partial charge in [0.1, 0.15) is 19.3 Å². The van der Waals surface area contributed by atoms with E-state index in [1.807, 2.05) is 60.7 Å². The Labute approximate surface area is 163 Å². The van der Waals surface area contributed by atoms with Gasteiger partial charge in [0.15, 0.2) is 6.04 Å². The Morgan fingerprint density at radius 2 is 1.75 bits per heavy atom. The average Bonchev–Trinajstić information content (AvgIpc) is 3.23. The molecule has 146 valence electrons. The van der Waals surface area contributed by atoms with Gasteiger partial charge < -0.3 is 19.5 Å². The van der Waals surface area contributed by atoms with Gasteiger partial charge in [-0.15, -0.1) is 0 Å². The first-order chi connectivity index (χ1) is 13.7. The average molecular weight is 382 g/mol. The van der Waals surface area contributed by atoms with Gasteiger partial charge in [-0.1, -0.05) is 60.7 Å². The lowest BCUT2D eigenvalue weighted by molar-refractivity contribution is -0.142. The molecule has 2 aromatic carbocycles. The molecule has 28 heavy (non-hydrogen) atoms. The summed E-state index contributed by atoms with van der Waals surface area (Å²) in [6, 6.07) is 17.7. The number of hydrogen-bond donors (Lipinski definition) is 1. The van der Waals surface area contributed by atoms with Crippen molar-refractivity contribution in [2.24, 2.45) is 4.99 Å². The predicted molar refractivity (Wildman–Crippen MR) is 103 cm³/mol. The van der Waals surface area contributed by atoms with Crippen molar-refractivity contribution < 1.29 is 23.8 Å². The van der Waals surface area contributed by atoms with Gasteiger partial charge in [-0.25, -0.2) is 14.6 Å². The summed E-state index contributed by atoms with van der Waals surface area (Å²) in [6.07, 6.45) is -0.133. The molecule has 0 spiro atoms. The third-order valence-electron chi connectivity index (χ3n) is 4.23. The van der Waals surface area contributed by atoms with Crippen LogP contribution in [0.1, 0.15) is 11.1 Å². The molecule has 7 heteroatoms. The van der Waals surface area contributed by atoms with Crippen molar-refractivity contribution in [2.75, 3.05) is 13.7 Å². The Kier molecular flexibility index (Phi) is 6.62. The molecule has 0 saturated heterocycles. The highest BCUT2D eigenvalue weighted by Gasteiger charge is 2.32. The lowest BCUT2D eigenvalue weighted by atomic mass is 10.1. The lowest BCUT2D eigenvalue weighted by Gasteiger charge is -2.18. The van der Waals surface area contributed by atoms with E-state index in [0.717, 1.165) is 11.1 Å². The van der Waals surface area contributed by atoms with Crippen molar-refractivity contribution in [2.45, 2.75) is 25.1 Å². The molecule has 2 atom stereocenters. The minimum atomic E-state index is -0.722. The summed E-state index contributed by atoms with van der Waals surface area (Å²) in [4.78, 5) is 28.3. The summed E-state index contributed by atoms with van der Waals surface area (Å²) < 4.78 is 15.6. The number of hydrogen-bond acceptors (Lipinski definition) is 6. The van der Waals surface area contributed by atoms with E-state index in [1.165, 1.54) is 7.11 Å². The molecule has 1 heterocycles. The van der Waals surface area contributed by atoms with Crippen molar-refractivity contribution in [3.63, 3.8) is 0 Å². The zero-order chi connectivity index (χ0) is 19.8. The van der Waals surface area contributed by atoms with Crippen LogP contribution in [0.3, 0.4) is 0 Å². The molecule has 0 aliphatic carbocycles. The molecule has 2 aromatic rings. The van der Waals surface area contributed by atoms with Crippen molar-refractivity contribution in [3.05, 3.63) is 71.8 Å². The van der Waals surface area contributed by atoms with Crippen LogP contribution in [0.2, 0.25) is 0 Å². The fraction of sp³-hybridized carbons (Fsp3) is 0.286. The standard InChI is InChI=1S/C21H22N2O5/c1-26-20(24)18-14-27-19(22-18)17(12-15-8-4-2-5-9-15)23-21(25)28-13-16-10-6-3-7-11-16/h2-11,17-18H,12-14H2,1H3,(H,23,25)/t17-,18-/m0/s1. The highest BCUT2D eigenvalue weighted by Crippen LogP contribution is 2.13. The van der Waals surface area contributed by atoms with E-state index < -0.39 is 24.1 Å². The summed E-state index contributed by atoms with van der Waals surface area (Å²) in [5.41, 5.74) is 1.88. The predicted octanol–water partition coefficient (Wildman–Crippen LogP) is 2.49. The maximum Gasteiger partial charge on any atom is 0.408 e. The van der Waals surface area contributed by atoms with Crippen LogP contribution < -0.4 is 5.32 Å². The molecule has 1 aliphatic heterocycles. The molecule has 7 nitrogen and oxygen atoms in total. The molecule has 0 fully saturated rings. The maximum atomic E-state index is 12.3. The first kappa shape index (κ1) is 19.4. The molecule has 0 unspecified atom stereocenters. The van der Waals surface area contributed by atoms with Crippen LogP contribution in [0.15, 0.2) is 65.7 Å². The smallest absolute Gasteiger partial charge is 0.408 e. The Hall–Kier alpha value is -3.35. The van der Waals surface area contributed by atoms with Crippen LogP contribution in [0.5, 0.6) is 0 Å². The first-order valence-electron chi connectivity index (χ1n) is 8.95. The van der Waals surface area contributed by atoms with Gasteiger partial charge in [0, 0.05) is 6.42 Å². The van der Waals surface area contributed by atoms with Crippen molar-refractivity contribution in [3.8, 4) is 0 Å². The van der Waals surface area contributed by atoms with Gasteiger partial charge in [-0.05, 0) is 11.1 Å². The molecule has 1 amide bonds. The van der Waals surface area contributed by atoms with Crippen LogP contribution in [0, 0.1) is 0 Å². The molecule has 0 bridgehead atoms. The Morgan fingerprint density at radius 3 is 2.39 bits per heavy atom. The second-order valence-electron chi connectivity index (χ2n) is 6.27. The van der Waals surface area contributed by atoms with Gasteiger partial charge in [0.2, 0.25) is 5.90 Å². The zero-order valence-electron chi connectivity index (χ0n) is 15.5. The minimum absolute atomic E-state index is 0.0913. The highest BCUT2D eigenvalue weighted by atomic mass is 16.6. The van der Waals surface area contributed by atoms with E-state index in [1.54, 1.807) is 0 Å². The number of alkyl carbamates (subject to hydrolysis) is 1. The monoisotopic (exact) mass is 382 g/mol. The van der Waals surface area contributed by atoms with Gasteiger partial charge in [0.05, 0.1) is 7.11 Å². The third-order valence-corrected chi connectivity index (χ3v) is 4.23. The largest absolute Gasteiger partial charge is 0.477 e. The number of carbonyl (C=O) groups excluding carboxylic acids is 2. The number of nitrogens with one attached hydrogen (secondary N) is 1. The maximum absolute atomic E-state index is 12.3. The second-order valence-corrected chi connectivity index (χ2v) is 6.27. The van der Waals surface area contributed by atoms with Crippen LogP contribution in [-0.2, 0) is 32.0 Å². The van der Waals surface area contributed by atoms with Crippen molar-refractivity contribution >= 4 is 18.0 Å². The van der Waals surface area contributed by atoms with Crippen LogP contribution >= 0.6 is 0 Å². The molecule has 1 N–H and O–H groups in total. The number of methoxy groups -OCH3 is 1. The normalized spacial score (nSPS) is 16.5. The summed E-state index contributed by atoms with van der Waals surface area (Å²) in [6.45, 7) is 0.247. The van der Waals surface area contributed by atoms with E-state index in [-0.39, 0.29) is 19.1 Å². The summed E-state index contributed by atoms with van der Waals surface area (Å²) in [5, 5.41) is 2.79. The van der Waals surface area contributed by atoms with Crippen LogP contribution in [0.4, 0.5) is 4.79 Å². The minimum Gasteiger partial charge on any atom is -0.477 e. The van der Waals surface area contributed by atoms with E-state index in [4.69, 9.17) is 14.2 Å². The summed E-state index contributed by atoms with van der Waals surface area (Å²) in [5.74, 6) is -0.184. The summed E-state index contributed by atoms with van der Waals surface area (Å²) in [7, 11) is 1.30. The number of amides is 1. The van der Waals surface area contributed by atoms with Crippen LogP contribution in [0.25, 0.3) is 0 Å². The van der Waals surface area contributed by atoms with E-state index in [9.17, 15) is 9.59 Å². The number of esters is 1. The van der Waals surface area contributed by atoms with Crippen LogP contribution in [-0.4, -0.2) is 43.8 Å². The number of nitrogens with zero attached hydrogens (tertiary/aromatic N) is 1. The fourth-order valence-electron chi connectivity index (χ4n) is 2.80. The number of aliphatic imine (C=N–C) groups is 1. The Bertz CT molecular complexity index is 823. The molecule has 0 aromatic heterocycles. The van der Waals surface area contributed by atoms with Gasteiger partial charge in [-0.2, -0.15) is 0 Å². The molecule has 0 radical (unpaired) electrons. The third kappa shape index (κ3) is 5.33. The van der Waals surface area contributed by atoms with Gasteiger partial charge >= 0.3 is 12.1 Å². The van der Waals surface area contributed by atoms with Gasteiger partial charge in [0.25, 0.3) is 0 Å². The number of carbonyl (C=O) groups is 2. The molecule has 1 aliphatic rings.